The minimum atomic E-state index is 0. The Morgan fingerprint density at radius 3 is 0.762 bits per heavy atom. The molecule has 0 aliphatic heterocycles. The largest absolute Gasteiger partial charge is 0.781 e. The van der Waals surface area contributed by atoms with E-state index >= 15 is 0 Å². The van der Waals surface area contributed by atoms with Crippen LogP contribution in [-0.2, 0) is 67.0 Å². The van der Waals surface area contributed by atoms with E-state index < -0.39 is 0 Å². The van der Waals surface area contributed by atoms with Crippen LogP contribution in [0.4, 0.5) is 0 Å². The predicted octanol–water partition coefficient (Wildman–Crippen LogP) is 5.61. The maximum absolute atomic E-state index is 5.64. The van der Waals surface area contributed by atoms with Gasteiger partial charge in [0.1, 0.15) is 0 Å². The van der Waals surface area contributed by atoms with Gasteiger partial charge in [-0.2, -0.15) is 19.6 Å². The number of hydrogen-bond donors (Lipinski definition) is 0. The van der Waals surface area contributed by atoms with Gasteiger partial charge in [-0.05, 0) is 0 Å². The minimum absolute atomic E-state index is 0. The van der Waals surface area contributed by atoms with Crippen LogP contribution in [0.2, 0.25) is 20.1 Å². The van der Waals surface area contributed by atoms with Gasteiger partial charge in [-0.15, -0.1) is 0 Å². The molecule has 0 nitrogen and oxygen atoms in total. The van der Waals surface area contributed by atoms with Crippen LogP contribution < -0.4 is 0 Å². The maximum atomic E-state index is 5.64. The number of hydrogen-bond acceptors (Lipinski definition) is 4. The van der Waals surface area contributed by atoms with Crippen molar-refractivity contribution in [1.29, 1.82) is 0 Å². The quantitative estimate of drug-likeness (QED) is 0.358. The van der Waals surface area contributed by atoms with Crippen LogP contribution in [0, 0.1) is 0 Å². The molecule has 0 unspecified atom stereocenters. The van der Waals surface area contributed by atoms with Crippen molar-refractivity contribution in [1.82, 2.24) is 0 Å². The molecule has 2 aromatic carbocycles. The molecule has 0 fully saturated rings. The molecule has 2 aromatic rings. The zero-order valence-corrected chi connectivity index (χ0v) is 17.0. The first-order chi connectivity index (χ1) is 9.22. The topological polar surface area (TPSA) is 0 Å². The molecule has 0 heterocycles. The monoisotopic (exact) mass is 474 g/mol. The van der Waals surface area contributed by atoms with Gasteiger partial charge in [-0.1, -0.05) is 70.7 Å². The van der Waals surface area contributed by atoms with Crippen LogP contribution in [0.25, 0.3) is 0 Å². The molecule has 0 aliphatic carbocycles. The van der Waals surface area contributed by atoms with Gasteiger partial charge in [0.05, 0.1) is 20.1 Å². The maximum Gasteiger partial charge on any atom is 0.0576 e. The Labute approximate surface area is 175 Å². The third-order valence-corrected chi connectivity index (χ3v) is 5.03. The molecule has 0 N–H and O–H groups in total. The molecule has 0 amide bonds. The molecule has 21 heavy (non-hydrogen) atoms. The number of halogens is 4. The molecule has 0 aromatic heterocycles. The SMILES string of the molecule is [Ni].[S-]c1cc(Cl)c(Cl)cc1[S-].[S-]c1cc(Cl)c(Cl)cc1[S-]. The van der Waals surface area contributed by atoms with E-state index in [0.717, 1.165) is 0 Å². The Hall–Kier alpha value is 0.974. The van der Waals surface area contributed by atoms with Gasteiger partial charge in [0.15, 0.2) is 0 Å². The fourth-order valence-electron chi connectivity index (χ4n) is 1.02. The molecule has 0 radical (unpaired) electrons. The van der Waals surface area contributed by atoms with E-state index in [-0.39, 0.29) is 16.5 Å². The van der Waals surface area contributed by atoms with Crippen molar-refractivity contribution < 1.29 is 16.5 Å². The normalized spacial score (nSPS) is 9.33. The molecule has 2 rings (SSSR count). The molecule has 0 atom stereocenters. The summed E-state index contributed by atoms with van der Waals surface area (Å²) in [6.45, 7) is 0. The summed E-state index contributed by atoms with van der Waals surface area (Å²) in [5, 5.41) is 1.83. The van der Waals surface area contributed by atoms with Gasteiger partial charge >= 0.3 is 0 Å². The molecule has 0 saturated carbocycles. The summed E-state index contributed by atoms with van der Waals surface area (Å²) in [6, 6.07) is 6.34. The first-order valence-corrected chi connectivity index (χ1v) is 8.03. The van der Waals surface area contributed by atoms with Crippen LogP contribution in [0.1, 0.15) is 0 Å². The van der Waals surface area contributed by atoms with Crippen LogP contribution in [0.15, 0.2) is 43.8 Å². The molecule has 0 bridgehead atoms. The average molecular weight is 477 g/mol. The van der Waals surface area contributed by atoms with Gasteiger partial charge < -0.3 is 50.5 Å². The third kappa shape index (κ3) is 6.94. The molecular formula is C12H4Cl4NiS4-4. The van der Waals surface area contributed by atoms with Gasteiger partial charge in [-0.3, -0.25) is 0 Å². The van der Waals surface area contributed by atoms with E-state index in [1.807, 2.05) is 0 Å². The summed E-state index contributed by atoms with van der Waals surface area (Å²) < 4.78 is 0. The van der Waals surface area contributed by atoms with Crippen LogP contribution >= 0.6 is 46.4 Å². The Kier molecular flexibility index (Phi) is 10.4. The summed E-state index contributed by atoms with van der Waals surface area (Å²) in [7, 11) is 0. The van der Waals surface area contributed by atoms with E-state index in [9.17, 15) is 0 Å². The van der Waals surface area contributed by atoms with E-state index in [1.165, 1.54) is 0 Å². The Balaban J connectivity index is 0.000000364. The summed E-state index contributed by atoms with van der Waals surface area (Å²) >= 11 is 42.0. The Morgan fingerprint density at radius 1 is 0.476 bits per heavy atom. The van der Waals surface area contributed by atoms with Crippen molar-refractivity contribution in [3.05, 3.63) is 44.4 Å². The second-order valence-corrected chi connectivity index (χ2v) is 6.81. The molecule has 0 aliphatic rings. The number of benzene rings is 2. The van der Waals surface area contributed by atoms with Crippen molar-refractivity contribution in [2.45, 2.75) is 19.6 Å². The van der Waals surface area contributed by atoms with Crippen molar-refractivity contribution >= 4 is 96.9 Å². The molecule has 0 saturated heterocycles. The first-order valence-electron chi connectivity index (χ1n) is 4.88. The van der Waals surface area contributed by atoms with Gasteiger partial charge in [0.2, 0.25) is 0 Å². The van der Waals surface area contributed by atoms with Gasteiger partial charge in [-0.25, -0.2) is 0 Å². The molecule has 9 heteroatoms. The van der Waals surface area contributed by atoms with Crippen LogP contribution in [0.5, 0.6) is 0 Å². The van der Waals surface area contributed by atoms with Crippen LogP contribution in [0.3, 0.4) is 0 Å². The fourth-order valence-corrected chi connectivity index (χ4v) is 2.64. The Morgan fingerprint density at radius 2 is 0.619 bits per heavy atom. The second kappa shape index (κ2) is 9.97. The third-order valence-electron chi connectivity index (χ3n) is 1.97. The number of rotatable bonds is 0. The zero-order chi connectivity index (χ0) is 15.4. The molecular weight excluding hydrogens is 473 g/mol. The van der Waals surface area contributed by atoms with E-state index in [0.29, 0.717) is 39.7 Å². The average Bonchev–Trinajstić information content (AvgIpc) is 2.35. The summed E-state index contributed by atoms with van der Waals surface area (Å²) in [4.78, 5) is 2.29. The first kappa shape index (κ1) is 22.0. The van der Waals surface area contributed by atoms with Crippen molar-refractivity contribution in [2.24, 2.45) is 0 Å². The van der Waals surface area contributed by atoms with E-state index in [2.05, 4.69) is 0 Å². The molecule has 118 valence electrons. The smallest absolute Gasteiger partial charge is 0.0576 e. The van der Waals surface area contributed by atoms with Crippen molar-refractivity contribution in [3.8, 4) is 0 Å². The summed E-state index contributed by atoms with van der Waals surface area (Å²) in [5.41, 5.74) is 0. The zero-order valence-electron chi connectivity index (χ0n) is 9.77. The molecule has 0 spiro atoms. The van der Waals surface area contributed by atoms with E-state index in [4.69, 9.17) is 96.9 Å². The summed E-state index contributed by atoms with van der Waals surface area (Å²) in [5.74, 6) is 0. The van der Waals surface area contributed by atoms with Gasteiger partial charge in [0.25, 0.3) is 0 Å². The second-order valence-electron chi connectivity index (χ2n) is 3.43. The van der Waals surface area contributed by atoms with Crippen molar-refractivity contribution in [2.75, 3.05) is 0 Å². The van der Waals surface area contributed by atoms with Crippen LogP contribution in [-0.4, -0.2) is 0 Å². The van der Waals surface area contributed by atoms with E-state index in [1.54, 1.807) is 24.3 Å². The fraction of sp³-hybridized carbons (Fsp3) is 0. The summed E-state index contributed by atoms with van der Waals surface area (Å²) in [6.07, 6.45) is 0. The van der Waals surface area contributed by atoms with Crippen molar-refractivity contribution in [3.63, 3.8) is 0 Å². The predicted molar refractivity (Wildman–Crippen MR) is 95.4 cm³/mol. The standard InChI is InChI=1S/2C6H4Cl2S2.Ni/c2*7-3-1-5(9)6(10)2-4(3)8;/h2*1-2,9-10H;/p-4. The van der Waals surface area contributed by atoms with Gasteiger partial charge in [0, 0.05) is 16.5 Å². The Bertz CT molecular complexity index is 481. The minimum Gasteiger partial charge on any atom is -0.781 e.